The van der Waals surface area contributed by atoms with E-state index in [-0.39, 0.29) is 24.4 Å². The number of carbonyl (C=O) groups excluding carboxylic acids is 1. The third-order valence-corrected chi connectivity index (χ3v) is 5.83. The number of nitrogens with zero attached hydrogens (tertiary/aromatic N) is 1. The summed E-state index contributed by atoms with van der Waals surface area (Å²) in [5.41, 5.74) is 4.62. The van der Waals surface area contributed by atoms with Gasteiger partial charge >= 0.3 is 12.1 Å². The van der Waals surface area contributed by atoms with E-state index in [1.54, 1.807) is 0 Å². The molecule has 27 heavy (non-hydrogen) atoms. The van der Waals surface area contributed by atoms with E-state index in [9.17, 15) is 14.7 Å². The average molecular weight is 365 g/mol. The molecule has 0 radical (unpaired) electrons. The minimum Gasteiger partial charge on any atom is -0.480 e. The molecule has 2 aliphatic rings. The van der Waals surface area contributed by atoms with Crippen molar-refractivity contribution in [3.63, 3.8) is 0 Å². The standard InChI is InChI=1S/C22H23NO4/c1-13(2)18-11-23(20(18)21(24)25)22(26)27-12-19-16-9-5-3-7-14(16)15-8-4-6-10-17(15)19/h3-10,13,18-20H,11-12H2,1-2H3,(H,24,25)/t18-,20-/m0/s1. The Labute approximate surface area is 158 Å². The monoisotopic (exact) mass is 365 g/mol. The summed E-state index contributed by atoms with van der Waals surface area (Å²) >= 11 is 0. The van der Waals surface area contributed by atoms with Gasteiger partial charge in [-0.2, -0.15) is 0 Å². The van der Waals surface area contributed by atoms with Crippen LogP contribution in [0.2, 0.25) is 0 Å². The molecular weight excluding hydrogens is 342 g/mol. The maximum atomic E-state index is 12.5. The Balaban J connectivity index is 1.49. The molecule has 1 heterocycles. The molecular formula is C22H23NO4. The number of ether oxygens (including phenoxy) is 1. The Kier molecular flexibility index (Phi) is 4.38. The Morgan fingerprint density at radius 1 is 1.07 bits per heavy atom. The Morgan fingerprint density at radius 3 is 2.15 bits per heavy atom. The molecule has 1 N–H and O–H groups in total. The molecule has 1 amide bonds. The van der Waals surface area contributed by atoms with Gasteiger partial charge < -0.3 is 9.84 Å². The van der Waals surface area contributed by atoms with Crippen molar-refractivity contribution in [2.75, 3.05) is 13.2 Å². The number of rotatable bonds is 4. The van der Waals surface area contributed by atoms with Crippen molar-refractivity contribution in [2.24, 2.45) is 11.8 Å². The van der Waals surface area contributed by atoms with Gasteiger partial charge in [0.15, 0.2) is 0 Å². The van der Waals surface area contributed by atoms with Crippen molar-refractivity contribution in [3.05, 3.63) is 59.7 Å². The molecule has 0 saturated carbocycles. The molecule has 1 fully saturated rings. The molecule has 2 atom stereocenters. The fourth-order valence-electron chi connectivity index (χ4n) is 4.29. The molecule has 140 valence electrons. The maximum absolute atomic E-state index is 12.5. The van der Waals surface area contributed by atoms with Crippen LogP contribution in [0.4, 0.5) is 4.79 Å². The molecule has 2 aromatic rings. The van der Waals surface area contributed by atoms with E-state index in [0.717, 1.165) is 11.1 Å². The fraction of sp³-hybridized carbons (Fsp3) is 0.364. The minimum absolute atomic E-state index is 0.0215. The Morgan fingerprint density at radius 2 is 1.63 bits per heavy atom. The van der Waals surface area contributed by atoms with Crippen LogP contribution < -0.4 is 0 Å². The van der Waals surface area contributed by atoms with E-state index in [2.05, 4.69) is 24.3 Å². The summed E-state index contributed by atoms with van der Waals surface area (Å²) in [6.07, 6.45) is -0.541. The second-order valence-corrected chi connectivity index (χ2v) is 7.65. The number of hydrogen-bond donors (Lipinski definition) is 1. The van der Waals surface area contributed by atoms with Crippen LogP contribution in [0.1, 0.15) is 30.9 Å². The first-order valence-electron chi connectivity index (χ1n) is 9.33. The average Bonchev–Trinajstić information content (AvgIpc) is 2.92. The molecule has 1 aliphatic heterocycles. The first kappa shape index (κ1) is 17.6. The predicted octanol–water partition coefficient (Wildman–Crippen LogP) is 3.98. The van der Waals surface area contributed by atoms with Crippen LogP contribution in [0, 0.1) is 11.8 Å². The topological polar surface area (TPSA) is 66.8 Å². The summed E-state index contributed by atoms with van der Waals surface area (Å²) in [6, 6.07) is 15.5. The summed E-state index contributed by atoms with van der Waals surface area (Å²) in [6.45, 7) is 4.61. The second kappa shape index (κ2) is 6.72. The third kappa shape index (κ3) is 2.87. The smallest absolute Gasteiger partial charge is 0.410 e. The number of amides is 1. The van der Waals surface area contributed by atoms with Gasteiger partial charge in [-0.1, -0.05) is 62.4 Å². The number of likely N-dealkylation sites (tertiary alicyclic amines) is 1. The van der Waals surface area contributed by atoms with Crippen LogP contribution in [-0.4, -0.2) is 41.3 Å². The normalized spacial score (nSPS) is 20.8. The van der Waals surface area contributed by atoms with Crippen LogP contribution in [0.25, 0.3) is 11.1 Å². The van der Waals surface area contributed by atoms with Crippen LogP contribution in [0.5, 0.6) is 0 Å². The molecule has 0 spiro atoms. The highest BCUT2D eigenvalue weighted by Gasteiger charge is 2.48. The zero-order valence-corrected chi connectivity index (χ0v) is 15.5. The van der Waals surface area contributed by atoms with Crippen molar-refractivity contribution in [1.82, 2.24) is 4.90 Å². The zero-order valence-electron chi connectivity index (χ0n) is 15.5. The van der Waals surface area contributed by atoms with E-state index in [0.29, 0.717) is 6.54 Å². The first-order valence-corrected chi connectivity index (χ1v) is 9.33. The quantitative estimate of drug-likeness (QED) is 0.890. The minimum atomic E-state index is -0.964. The van der Waals surface area contributed by atoms with Crippen molar-refractivity contribution < 1.29 is 19.4 Å². The van der Waals surface area contributed by atoms with Gasteiger partial charge in [-0.3, -0.25) is 4.90 Å². The number of carbonyl (C=O) groups is 2. The van der Waals surface area contributed by atoms with Crippen molar-refractivity contribution in [3.8, 4) is 11.1 Å². The van der Waals surface area contributed by atoms with Gasteiger partial charge in [0.05, 0.1) is 0 Å². The van der Waals surface area contributed by atoms with Crippen molar-refractivity contribution in [2.45, 2.75) is 25.8 Å². The molecule has 1 saturated heterocycles. The first-order chi connectivity index (χ1) is 13.0. The number of fused-ring (bicyclic) bond motifs is 3. The van der Waals surface area contributed by atoms with E-state index >= 15 is 0 Å². The summed E-state index contributed by atoms with van der Waals surface area (Å²) in [5, 5.41) is 9.46. The molecule has 0 aromatic heterocycles. The van der Waals surface area contributed by atoms with Crippen LogP contribution in [0.3, 0.4) is 0 Å². The number of carboxylic acids is 1. The van der Waals surface area contributed by atoms with Gasteiger partial charge in [-0.05, 0) is 28.2 Å². The van der Waals surface area contributed by atoms with Gasteiger partial charge in [0.1, 0.15) is 12.6 Å². The van der Waals surface area contributed by atoms with Gasteiger partial charge in [-0.15, -0.1) is 0 Å². The lowest BCUT2D eigenvalue weighted by Crippen LogP contribution is -2.63. The van der Waals surface area contributed by atoms with Gasteiger partial charge in [0.2, 0.25) is 0 Å². The fourth-order valence-corrected chi connectivity index (χ4v) is 4.29. The van der Waals surface area contributed by atoms with Gasteiger partial charge in [0, 0.05) is 18.4 Å². The van der Waals surface area contributed by atoms with E-state index in [4.69, 9.17) is 4.74 Å². The van der Waals surface area contributed by atoms with Crippen LogP contribution >= 0.6 is 0 Å². The number of benzene rings is 2. The lowest BCUT2D eigenvalue weighted by molar-refractivity contribution is -0.153. The van der Waals surface area contributed by atoms with Gasteiger partial charge in [0.25, 0.3) is 0 Å². The second-order valence-electron chi connectivity index (χ2n) is 7.65. The van der Waals surface area contributed by atoms with E-state index in [1.807, 2.05) is 38.1 Å². The highest BCUT2D eigenvalue weighted by Crippen LogP contribution is 2.44. The zero-order chi connectivity index (χ0) is 19.1. The Hall–Kier alpha value is -2.82. The number of hydrogen-bond acceptors (Lipinski definition) is 3. The molecule has 5 nitrogen and oxygen atoms in total. The maximum Gasteiger partial charge on any atom is 0.410 e. The highest BCUT2D eigenvalue weighted by molar-refractivity contribution is 5.83. The van der Waals surface area contributed by atoms with E-state index < -0.39 is 18.1 Å². The lowest BCUT2D eigenvalue weighted by atomic mass is 9.80. The molecule has 4 rings (SSSR count). The van der Waals surface area contributed by atoms with E-state index in [1.165, 1.54) is 16.0 Å². The third-order valence-electron chi connectivity index (χ3n) is 5.83. The van der Waals surface area contributed by atoms with Crippen molar-refractivity contribution in [1.29, 1.82) is 0 Å². The lowest BCUT2D eigenvalue weighted by Gasteiger charge is -2.46. The SMILES string of the molecule is CC(C)[C@@H]1CN(C(=O)OCC2c3ccccc3-c3ccccc32)[C@@H]1C(=O)O. The van der Waals surface area contributed by atoms with Crippen LogP contribution in [-0.2, 0) is 9.53 Å². The molecule has 5 heteroatoms. The largest absolute Gasteiger partial charge is 0.480 e. The summed E-state index contributed by atoms with van der Waals surface area (Å²) in [7, 11) is 0. The summed E-state index contributed by atoms with van der Waals surface area (Å²) in [4.78, 5) is 25.4. The summed E-state index contributed by atoms with van der Waals surface area (Å²) in [5.74, 6) is -0.799. The molecule has 0 unspecified atom stereocenters. The van der Waals surface area contributed by atoms with Crippen molar-refractivity contribution >= 4 is 12.1 Å². The number of aliphatic carboxylic acids is 1. The predicted molar refractivity (Wildman–Crippen MR) is 102 cm³/mol. The van der Waals surface area contributed by atoms with Gasteiger partial charge in [-0.25, -0.2) is 9.59 Å². The number of carboxylic acid groups (broad SMARTS) is 1. The molecule has 2 aromatic carbocycles. The molecule has 0 bridgehead atoms. The highest BCUT2D eigenvalue weighted by atomic mass is 16.6. The van der Waals surface area contributed by atoms with Crippen LogP contribution in [0.15, 0.2) is 48.5 Å². The summed E-state index contributed by atoms with van der Waals surface area (Å²) < 4.78 is 5.58. The molecule has 1 aliphatic carbocycles. The Bertz CT molecular complexity index is 846.